The van der Waals surface area contributed by atoms with Crippen molar-refractivity contribution in [3.05, 3.63) is 77.7 Å². The van der Waals surface area contributed by atoms with Crippen LogP contribution in [-0.2, 0) is 22.4 Å². The summed E-state index contributed by atoms with van der Waals surface area (Å²) in [4.78, 5) is 34.3. The molecular weight excluding hydrogens is 478 g/mol. The van der Waals surface area contributed by atoms with Crippen molar-refractivity contribution in [2.24, 2.45) is 0 Å². The van der Waals surface area contributed by atoms with Crippen LogP contribution < -0.4 is 20.3 Å². The van der Waals surface area contributed by atoms with Crippen molar-refractivity contribution in [2.75, 3.05) is 29.2 Å². The Balaban J connectivity index is 1.70. The molecule has 9 heteroatoms. The highest BCUT2D eigenvalue weighted by Gasteiger charge is 2.13. The SMILES string of the molecule is C=CC(=O)Nc1ccccc1Nc1nc(CCCc2ccc(N(CC)C(C)=O)cc2OC)ncc1Cl. The first-order valence-electron chi connectivity index (χ1n) is 11.6. The van der Waals surface area contributed by atoms with E-state index in [0.717, 1.165) is 29.8 Å². The second-order valence-corrected chi connectivity index (χ2v) is 8.37. The Kier molecular flexibility index (Phi) is 9.41. The first-order chi connectivity index (χ1) is 17.4. The van der Waals surface area contributed by atoms with Crippen LogP contribution in [0.5, 0.6) is 5.75 Å². The summed E-state index contributed by atoms with van der Waals surface area (Å²) in [6.07, 6.45) is 4.93. The number of methoxy groups -OCH3 is 1. The molecule has 188 valence electrons. The monoisotopic (exact) mass is 507 g/mol. The summed E-state index contributed by atoms with van der Waals surface area (Å²) in [7, 11) is 1.63. The molecule has 2 aromatic carbocycles. The molecule has 0 atom stereocenters. The third-order valence-corrected chi connectivity index (χ3v) is 5.82. The first-order valence-corrected chi connectivity index (χ1v) is 12.0. The standard InChI is InChI=1S/C27H30ClN5O3/c1-5-26(35)30-22-11-7-8-12-23(22)31-27-21(28)17-29-25(32-27)13-9-10-19-14-15-20(16-24(19)36-4)33(6-2)18(3)34/h5,7-8,11-12,14-17H,1,6,9-10,13H2,2-4H3,(H,30,35)(H,29,31,32). The van der Waals surface area contributed by atoms with E-state index in [1.54, 1.807) is 31.2 Å². The highest BCUT2D eigenvalue weighted by atomic mass is 35.5. The number of nitrogens with one attached hydrogen (secondary N) is 2. The Hall–Kier alpha value is -3.91. The van der Waals surface area contributed by atoms with Crippen LogP contribution in [-0.4, -0.2) is 35.4 Å². The Morgan fingerprint density at radius 1 is 1.17 bits per heavy atom. The van der Waals surface area contributed by atoms with Gasteiger partial charge in [-0.3, -0.25) is 9.59 Å². The van der Waals surface area contributed by atoms with E-state index in [1.165, 1.54) is 6.08 Å². The number of aromatic nitrogens is 2. The van der Waals surface area contributed by atoms with E-state index in [0.29, 0.717) is 41.0 Å². The molecule has 0 bridgehead atoms. The lowest BCUT2D eigenvalue weighted by atomic mass is 10.1. The van der Waals surface area contributed by atoms with E-state index >= 15 is 0 Å². The molecule has 0 saturated heterocycles. The van der Waals surface area contributed by atoms with Crippen molar-refractivity contribution in [2.45, 2.75) is 33.1 Å². The number of ether oxygens (including phenoxy) is 1. The van der Waals surface area contributed by atoms with Gasteiger partial charge >= 0.3 is 0 Å². The van der Waals surface area contributed by atoms with Gasteiger partial charge in [0, 0.05) is 31.6 Å². The summed E-state index contributed by atoms with van der Waals surface area (Å²) >= 11 is 6.34. The van der Waals surface area contributed by atoms with Crippen molar-refractivity contribution in [1.29, 1.82) is 0 Å². The molecule has 0 unspecified atom stereocenters. The molecule has 0 fully saturated rings. The molecule has 1 aromatic heterocycles. The fraction of sp³-hybridized carbons (Fsp3) is 0.259. The number of benzene rings is 2. The lowest BCUT2D eigenvalue weighted by Gasteiger charge is -2.20. The molecule has 0 radical (unpaired) electrons. The number of para-hydroxylation sites is 2. The number of nitrogens with zero attached hydrogens (tertiary/aromatic N) is 3. The van der Waals surface area contributed by atoms with E-state index < -0.39 is 0 Å². The maximum atomic E-state index is 11.9. The minimum absolute atomic E-state index is 0.0117. The number of anilines is 4. The van der Waals surface area contributed by atoms with Gasteiger partial charge in [-0.15, -0.1) is 0 Å². The highest BCUT2D eigenvalue weighted by Crippen LogP contribution is 2.29. The quantitative estimate of drug-likeness (QED) is 0.330. The van der Waals surface area contributed by atoms with Crippen LogP contribution >= 0.6 is 11.6 Å². The van der Waals surface area contributed by atoms with E-state index in [2.05, 4.69) is 27.2 Å². The number of amides is 2. The molecule has 3 aromatic rings. The smallest absolute Gasteiger partial charge is 0.247 e. The maximum absolute atomic E-state index is 11.9. The Labute approximate surface area is 216 Å². The molecule has 0 aliphatic rings. The van der Waals surface area contributed by atoms with Gasteiger partial charge in [0.15, 0.2) is 5.82 Å². The molecule has 2 amide bonds. The van der Waals surface area contributed by atoms with Crippen LogP contribution in [0.4, 0.5) is 22.9 Å². The lowest BCUT2D eigenvalue weighted by molar-refractivity contribution is -0.116. The highest BCUT2D eigenvalue weighted by molar-refractivity contribution is 6.32. The Bertz CT molecular complexity index is 1250. The molecular formula is C27H30ClN5O3. The van der Waals surface area contributed by atoms with Crippen molar-refractivity contribution in [1.82, 2.24) is 9.97 Å². The summed E-state index contributed by atoms with van der Waals surface area (Å²) in [5.41, 5.74) is 3.09. The number of carbonyl (C=O) groups is 2. The number of carbonyl (C=O) groups excluding carboxylic acids is 2. The number of hydrogen-bond acceptors (Lipinski definition) is 6. The maximum Gasteiger partial charge on any atom is 0.247 e. The van der Waals surface area contributed by atoms with E-state index in [1.807, 2.05) is 43.3 Å². The van der Waals surface area contributed by atoms with E-state index in [-0.39, 0.29) is 11.8 Å². The zero-order valence-electron chi connectivity index (χ0n) is 20.7. The van der Waals surface area contributed by atoms with Crippen LogP contribution in [0, 0.1) is 0 Å². The van der Waals surface area contributed by atoms with E-state index in [4.69, 9.17) is 16.3 Å². The van der Waals surface area contributed by atoms with Crippen LogP contribution in [0.25, 0.3) is 0 Å². The molecule has 0 aliphatic carbocycles. The summed E-state index contributed by atoms with van der Waals surface area (Å²) in [5.74, 6) is 1.50. The van der Waals surface area contributed by atoms with Crippen LogP contribution in [0.15, 0.2) is 61.3 Å². The van der Waals surface area contributed by atoms with Crippen LogP contribution in [0.2, 0.25) is 5.02 Å². The van der Waals surface area contributed by atoms with Crippen LogP contribution in [0.1, 0.15) is 31.7 Å². The number of rotatable bonds is 11. The van der Waals surface area contributed by atoms with Gasteiger partial charge in [0.1, 0.15) is 16.6 Å². The average Bonchev–Trinajstić information content (AvgIpc) is 2.87. The molecule has 36 heavy (non-hydrogen) atoms. The molecule has 0 spiro atoms. The third kappa shape index (κ3) is 6.82. The number of hydrogen-bond donors (Lipinski definition) is 2. The topological polar surface area (TPSA) is 96.5 Å². The van der Waals surface area contributed by atoms with Gasteiger partial charge in [-0.1, -0.05) is 36.4 Å². The zero-order chi connectivity index (χ0) is 26.1. The van der Waals surface area contributed by atoms with Gasteiger partial charge in [-0.2, -0.15) is 0 Å². The third-order valence-electron chi connectivity index (χ3n) is 5.54. The van der Waals surface area contributed by atoms with Gasteiger partial charge in [0.2, 0.25) is 11.8 Å². The molecule has 2 N–H and O–H groups in total. The summed E-state index contributed by atoms with van der Waals surface area (Å²) in [6, 6.07) is 13.1. The summed E-state index contributed by atoms with van der Waals surface area (Å²) in [5, 5.41) is 6.31. The Morgan fingerprint density at radius 3 is 2.58 bits per heavy atom. The predicted octanol–water partition coefficient (Wildman–Crippen LogP) is 5.55. The molecule has 0 saturated carbocycles. The van der Waals surface area contributed by atoms with Gasteiger partial charge in [0.05, 0.1) is 24.7 Å². The molecule has 8 nitrogen and oxygen atoms in total. The first kappa shape index (κ1) is 26.7. The minimum Gasteiger partial charge on any atom is -0.496 e. The summed E-state index contributed by atoms with van der Waals surface area (Å²) in [6.45, 7) is 7.56. The molecule has 1 heterocycles. The average molecular weight is 508 g/mol. The largest absolute Gasteiger partial charge is 0.496 e. The number of aryl methyl sites for hydroxylation is 2. The predicted molar refractivity (Wildman–Crippen MR) is 144 cm³/mol. The van der Waals surface area contributed by atoms with Crippen LogP contribution in [0.3, 0.4) is 0 Å². The second kappa shape index (κ2) is 12.7. The fourth-order valence-corrected chi connectivity index (χ4v) is 3.89. The Morgan fingerprint density at radius 2 is 1.92 bits per heavy atom. The molecule has 0 aliphatic heterocycles. The van der Waals surface area contributed by atoms with E-state index in [9.17, 15) is 9.59 Å². The van der Waals surface area contributed by atoms with Crippen molar-refractivity contribution < 1.29 is 14.3 Å². The van der Waals surface area contributed by atoms with Gasteiger partial charge in [-0.05, 0) is 49.6 Å². The van der Waals surface area contributed by atoms with Crippen molar-refractivity contribution >= 4 is 46.3 Å². The minimum atomic E-state index is -0.314. The zero-order valence-corrected chi connectivity index (χ0v) is 21.4. The van der Waals surface area contributed by atoms with Gasteiger partial charge in [-0.25, -0.2) is 9.97 Å². The van der Waals surface area contributed by atoms with Gasteiger partial charge < -0.3 is 20.3 Å². The number of halogens is 1. The second-order valence-electron chi connectivity index (χ2n) is 7.96. The normalized spacial score (nSPS) is 10.4. The molecule has 3 rings (SSSR count). The van der Waals surface area contributed by atoms with Crippen molar-refractivity contribution in [3.63, 3.8) is 0 Å². The summed E-state index contributed by atoms with van der Waals surface area (Å²) < 4.78 is 5.58. The fourth-order valence-electron chi connectivity index (χ4n) is 3.76. The van der Waals surface area contributed by atoms with Crippen molar-refractivity contribution in [3.8, 4) is 5.75 Å². The van der Waals surface area contributed by atoms with Gasteiger partial charge in [0.25, 0.3) is 0 Å². The lowest BCUT2D eigenvalue weighted by Crippen LogP contribution is -2.27.